The van der Waals surface area contributed by atoms with Gasteiger partial charge in [-0.25, -0.2) is 0 Å². The van der Waals surface area contributed by atoms with Gasteiger partial charge in [-0.05, 0) is 28.7 Å². The average molecular weight is 182 g/mol. The molecule has 0 aliphatic rings. The van der Waals surface area contributed by atoms with E-state index in [9.17, 15) is 0 Å². The minimum absolute atomic E-state index is 0.818. The smallest absolute Gasteiger partial charge is 0.327 e. The number of rotatable bonds is 2. The Morgan fingerprint density at radius 1 is 1.00 bits per heavy atom. The molecule has 0 saturated heterocycles. The molecule has 67 valence electrons. The Hall–Kier alpha value is -1.61. The fraction of sp³-hybridized carbons (Fsp3) is 0. The Balaban J connectivity index is 2.51. The highest BCUT2D eigenvalue weighted by molar-refractivity contribution is 6.48. The van der Waals surface area contributed by atoms with E-state index in [2.05, 4.69) is 4.98 Å². The fourth-order valence-corrected chi connectivity index (χ4v) is 1.40. The number of hydrogen-bond donors (Lipinski definition) is 1. The van der Waals surface area contributed by atoms with Gasteiger partial charge in [-0.15, -0.1) is 0 Å². The second kappa shape index (κ2) is 4.07. The molecule has 2 aromatic rings. The molecule has 2 rings (SSSR count). The van der Waals surface area contributed by atoms with Gasteiger partial charge in [0.1, 0.15) is 0 Å². The van der Waals surface area contributed by atoms with Crippen LogP contribution >= 0.6 is 0 Å². The van der Waals surface area contributed by atoms with Crippen molar-refractivity contribution in [3.63, 3.8) is 0 Å². The molecule has 0 unspecified atom stereocenters. The molecule has 0 aliphatic carbocycles. The first kappa shape index (κ1) is 8.97. The highest BCUT2D eigenvalue weighted by atomic mass is 16.2. The lowest BCUT2D eigenvalue weighted by Crippen LogP contribution is -2.15. The Morgan fingerprint density at radius 3 is 2.43 bits per heavy atom. The predicted octanol–water partition coefficient (Wildman–Crippen LogP) is 0.985. The highest BCUT2D eigenvalue weighted by Gasteiger charge is 2.03. The molecule has 1 radical (unpaired) electrons. The van der Waals surface area contributed by atoms with Crippen LogP contribution in [0.5, 0.6) is 0 Å². The Kier molecular flexibility index (Phi) is 2.61. The van der Waals surface area contributed by atoms with Crippen molar-refractivity contribution in [3.8, 4) is 11.1 Å². The molecule has 2 nitrogen and oxygen atoms in total. The number of nitrogens with zero attached hydrogens (tertiary/aromatic N) is 1. The van der Waals surface area contributed by atoms with Crippen LogP contribution in [0.25, 0.3) is 11.1 Å². The van der Waals surface area contributed by atoms with Crippen molar-refractivity contribution < 1.29 is 5.02 Å². The number of hydrogen-bond acceptors (Lipinski definition) is 2. The van der Waals surface area contributed by atoms with Crippen molar-refractivity contribution in [3.05, 3.63) is 48.8 Å². The van der Waals surface area contributed by atoms with Gasteiger partial charge in [0.25, 0.3) is 0 Å². The summed E-state index contributed by atoms with van der Waals surface area (Å²) in [5, 5.41) is 9.04. The van der Waals surface area contributed by atoms with Crippen LogP contribution in [0.3, 0.4) is 0 Å². The molecular weight excluding hydrogens is 173 g/mol. The molecule has 1 heterocycles. The third kappa shape index (κ3) is 1.68. The predicted molar refractivity (Wildman–Crippen MR) is 57.3 cm³/mol. The third-order valence-corrected chi connectivity index (χ3v) is 2.09. The normalized spacial score (nSPS) is 9.79. The van der Waals surface area contributed by atoms with E-state index >= 15 is 0 Å². The van der Waals surface area contributed by atoms with E-state index in [4.69, 9.17) is 5.02 Å². The summed E-state index contributed by atoms with van der Waals surface area (Å²) in [5.41, 5.74) is 2.89. The molecule has 0 fully saturated rings. The summed E-state index contributed by atoms with van der Waals surface area (Å²) in [7, 11) is 1.12. The largest absolute Gasteiger partial charge is 0.450 e. The zero-order valence-corrected chi connectivity index (χ0v) is 7.59. The first-order valence-electron chi connectivity index (χ1n) is 4.38. The van der Waals surface area contributed by atoms with Gasteiger partial charge >= 0.3 is 7.48 Å². The molecule has 14 heavy (non-hydrogen) atoms. The van der Waals surface area contributed by atoms with Crippen LogP contribution in [0.4, 0.5) is 0 Å². The van der Waals surface area contributed by atoms with Crippen molar-refractivity contribution in [2.24, 2.45) is 0 Å². The Morgan fingerprint density at radius 2 is 1.71 bits per heavy atom. The van der Waals surface area contributed by atoms with E-state index in [1.807, 2.05) is 36.4 Å². The molecule has 0 aliphatic heterocycles. The average Bonchev–Trinajstić information content (AvgIpc) is 2.30. The lowest BCUT2D eigenvalue weighted by Gasteiger charge is -2.05. The molecule has 3 heteroatoms. The molecule has 0 amide bonds. The van der Waals surface area contributed by atoms with Crippen LogP contribution in [-0.4, -0.2) is 17.5 Å². The van der Waals surface area contributed by atoms with Gasteiger partial charge < -0.3 is 5.02 Å². The second-order valence-corrected chi connectivity index (χ2v) is 2.95. The molecule has 0 atom stereocenters. The van der Waals surface area contributed by atoms with Gasteiger partial charge in [0.15, 0.2) is 0 Å². The zero-order valence-electron chi connectivity index (χ0n) is 7.59. The van der Waals surface area contributed by atoms with Crippen LogP contribution < -0.4 is 5.46 Å². The number of pyridine rings is 1. The fourth-order valence-electron chi connectivity index (χ4n) is 1.40. The molecular formula is C11H9BNO. The van der Waals surface area contributed by atoms with E-state index in [0.717, 1.165) is 24.1 Å². The van der Waals surface area contributed by atoms with Crippen LogP contribution in [0.2, 0.25) is 0 Å². The number of aromatic nitrogens is 1. The maximum Gasteiger partial charge on any atom is 0.327 e. The Labute approximate surface area is 83.5 Å². The topological polar surface area (TPSA) is 33.1 Å². The van der Waals surface area contributed by atoms with Gasteiger partial charge in [-0.2, -0.15) is 0 Å². The highest BCUT2D eigenvalue weighted by Crippen LogP contribution is 2.14. The standard InChI is InChI=1S/C11H9BNO/c14-12-11-4-2-1-3-10(11)9-5-7-13-8-6-9/h1-8,14H. The molecule has 0 bridgehead atoms. The first-order chi connectivity index (χ1) is 6.92. The summed E-state index contributed by atoms with van der Waals surface area (Å²) in [6, 6.07) is 11.5. The molecule has 1 aromatic carbocycles. The van der Waals surface area contributed by atoms with Crippen molar-refractivity contribution in [2.75, 3.05) is 0 Å². The van der Waals surface area contributed by atoms with Crippen molar-refractivity contribution in [1.82, 2.24) is 4.98 Å². The zero-order chi connectivity index (χ0) is 9.80. The SMILES string of the molecule is O[B]c1ccccc1-c1ccncc1. The quantitative estimate of drug-likeness (QED) is 0.702. The van der Waals surface area contributed by atoms with Gasteiger partial charge in [0.05, 0.1) is 0 Å². The minimum atomic E-state index is 0.818. The molecule has 0 saturated carbocycles. The van der Waals surface area contributed by atoms with Crippen molar-refractivity contribution in [1.29, 1.82) is 0 Å². The van der Waals surface area contributed by atoms with Gasteiger partial charge in [-0.1, -0.05) is 24.3 Å². The second-order valence-electron chi connectivity index (χ2n) is 2.95. The van der Waals surface area contributed by atoms with Crippen LogP contribution in [0.1, 0.15) is 0 Å². The van der Waals surface area contributed by atoms with E-state index < -0.39 is 0 Å². The van der Waals surface area contributed by atoms with Gasteiger partial charge in [0.2, 0.25) is 0 Å². The molecule has 1 N–H and O–H groups in total. The third-order valence-electron chi connectivity index (χ3n) is 2.09. The van der Waals surface area contributed by atoms with E-state index in [0.29, 0.717) is 0 Å². The van der Waals surface area contributed by atoms with E-state index in [-0.39, 0.29) is 0 Å². The lowest BCUT2D eigenvalue weighted by molar-refractivity contribution is 0.615. The summed E-state index contributed by atoms with van der Waals surface area (Å²) >= 11 is 0. The summed E-state index contributed by atoms with van der Waals surface area (Å²) < 4.78 is 0. The summed E-state index contributed by atoms with van der Waals surface area (Å²) in [6.45, 7) is 0. The van der Waals surface area contributed by atoms with Crippen molar-refractivity contribution in [2.45, 2.75) is 0 Å². The molecule has 0 spiro atoms. The first-order valence-corrected chi connectivity index (χ1v) is 4.38. The van der Waals surface area contributed by atoms with Crippen LogP contribution in [-0.2, 0) is 0 Å². The maximum absolute atomic E-state index is 9.04. The lowest BCUT2D eigenvalue weighted by atomic mass is 9.82. The Bertz CT molecular complexity index is 417. The van der Waals surface area contributed by atoms with E-state index in [1.54, 1.807) is 12.4 Å². The summed E-state index contributed by atoms with van der Waals surface area (Å²) in [6.07, 6.45) is 3.48. The van der Waals surface area contributed by atoms with E-state index in [1.165, 1.54) is 0 Å². The minimum Gasteiger partial charge on any atom is -0.450 e. The van der Waals surface area contributed by atoms with Gasteiger partial charge in [-0.3, -0.25) is 4.98 Å². The summed E-state index contributed by atoms with van der Waals surface area (Å²) in [5.74, 6) is 0. The summed E-state index contributed by atoms with van der Waals surface area (Å²) in [4.78, 5) is 3.95. The monoisotopic (exact) mass is 182 g/mol. The van der Waals surface area contributed by atoms with Gasteiger partial charge in [0, 0.05) is 12.4 Å². The van der Waals surface area contributed by atoms with Crippen LogP contribution in [0.15, 0.2) is 48.8 Å². The number of benzene rings is 1. The molecule has 1 aromatic heterocycles. The maximum atomic E-state index is 9.04. The van der Waals surface area contributed by atoms with Crippen LogP contribution in [0, 0.1) is 0 Å². The van der Waals surface area contributed by atoms with Crippen molar-refractivity contribution >= 4 is 12.9 Å².